The molecule has 2 rings (SSSR count). The van der Waals surface area contributed by atoms with Crippen LogP contribution in [0.4, 0.5) is 0 Å². The van der Waals surface area contributed by atoms with Crippen LogP contribution in [0.1, 0.15) is 18.9 Å². The maximum Gasteiger partial charge on any atom is 0.119 e. The molecule has 0 spiro atoms. The van der Waals surface area contributed by atoms with E-state index in [1.54, 1.807) is 30.4 Å². The second-order valence-electron chi connectivity index (χ2n) is 4.27. The normalized spacial score (nSPS) is 12.4. The lowest BCUT2D eigenvalue weighted by Gasteiger charge is -2.11. The van der Waals surface area contributed by atoms with Crippen LogP contribution < -0.4 is 5.73 Å². The summed E-state index contributed by atoms with van der Waals surface area (Å²) in [5.41, 5.74) is 7.24. The van der Waals surface area contributed by atoms with Gasteiger partial charge in [-0.3, -0.25) is 4.98 Å². The molecule has 0 bridgehead atoms. The van der Waals surface area contributed by atoms with Crippen LogP contribution in [0.25, 0.3) is 0 Å². The quantitative estimate of drug-likeness (QED) is 0.904. The molecule has 1 unspecified atom stereocenters. The van der Waals surface area contributed by atoms with E-state index in [4.69, 9.17) is 5.73 Å². The van der Waals surface area contributed by atoms with Gasteiger partial charge in [0.05, 0.1) is 6.20 Å². The average molecular weight is 338 g/mol. The van der Waals surface area contributed by atoms with Gasteiger partial charge in [-0.1, -0.05) is 40.7 Å². The topological polar surface area (TPSA) is 51.8 Å². The fraction of sp³-hybridized carbons (Fsp3) is 0.286. The van der Waals surface area contributed by atoms with E-state index in [1.165, 1.54) is 5.56 Å². The second-order valence-corrected chi connectivity index (χ2v) is 6.22. The van der Waals surface area contributed by atoms with Gasteiger partial charge in [0.25, 0.3) is 0 Å². The molecule has 1 atom stereocenters. The first-order chi connectivity index (χ1) is 9.19. The fourth-order valence-electron chi connectivity index (χ4n) is 1.64. The molecule has 0 aliphatic heterocycles. The number of hydrogen-bond donors (Lipinski definition) is 1. The largest absolute Gasteiger partial charge is 0.327 e. The van der Waals surface area contributed by atoms with Gasteiger partial charge in [-0.2, -0.15) is 0 Å². The lowest BCUT2D eigenvalue weighted by Crippen LogP contribution is -2.21. The van der Waals surface area contributed by atoms with Gasteiger partial charge in [0.2, 0.25) is 0 Å². The number of hydrogen-bond acceptors (Lipinski definition) is 4. The van der Waals surface area contributed by atoms with Crippen LogP contribution in [0.2, 0.25) is 0 Å². The molecule has 2 N–H and O–H groups in total. The van der Waals surface area contributed by atoms with Gasteiger partial charge >= 0.3 is 0 Å². The maximum absolute atomic E-state index is 5.99. The Morgan fingerprint density at radius 3 is 2.84 bits per heavy atom. The zero-order valence-electron chi connectivity index (χ0n) is 10.7. The summed E-state index contributed by atoms with van der Waals surface area (Å²) < 4.78 is 1.10. The summed E-state index contributed by atoms with van der Waals surface area (Å²) in [6.45, 7) is 2.11. The van der Waals surface area contributed by atoms with Crippen molar-refractivity contribution in [2.75, 3.05) is 0 Å². The maximum atomic E-state index is 5.99. The Labute approximate surface area is 126 Å². The average Bonchev–Trinajstić information content (AvgIpc) is 2.43. The Hall–Kier alpha value is -0.910. The molecule has 1 aromatic carbocycles. The van der Waals surface area contributed by atoms with E-state index >= 15 is 0 Å². The third-order valence-electron chi connectivity index (χ3n) is 2.79. The third-order valence-corrected chi connectivity index (χ3v) is 4.44. The molecule has 2 aromatic rings. The molecule has 3 nitrogen and oxygen atoms in total. The van der Waals surface area contributed by atoms with Crippen molar-refractivity contribution in [2.45, 2.75) is 35.7 Å². The smallest absolute Gasteiger partial charge is 0.119 e. The van der Waals surface area contributed by atoms with Crippen molar-refractivity contribution in [3.63, 3.8) is 0 Å². The lowest BCUT2D eigenvalue weighted by molar-refractivity contribution is 0.645. The summed E-state index contributed by atoms with van der Waals surface area (Å²) in [5.74, 6) is 0. The molecule has 100 valence electrons. The first-order valence-electron chi connectivity index (χ1n) is 6.17. The van der Waals surface area contributed by atoms with Crippen molar-refractivity contribution >= 4 is 27.7 Å². The molecule has 1 aromatic heterocycles. The Bertz CT molecular complexity index is 533. The van der Waals surface area contributed by atoms with Crippen molar-refractivity contribution < 1.29 is 0 Å². The number of rotatable bonds is 5. The van der Waals surface area contributed by atoms with Gasteiger partial charge in [-0.05, 0) is 30.5 Å². The van der Waals surface area contributed by atoms with Gasteiger partial charge in [0, 0.05) is 27.8 Å². The van der Waals surface area contributed by atoms with Crippen LogP contribution >= 0.6 is 27.7 Å². The summed E-state index contributed by atoms with van der Waals surface area (Å²) >= 11 is 5.21. The summed E-state index contributed by atoms with van der Waals surface area (Å²) in [7, 11) is 0. The number of nitrogens with zero attached hydrogens (tertiary/aromatic N) is 2. The van der Waals surface area contributed by atoms with Crippen LogP contribution in [0.5, 0.6) is 0 Å². The van der Waals surface area contributed by atoms with Gasteiger partial charge in [-0.25, -0.2) is 4.98 Å². The Morgan fingerprint density at radius 1 is 1.37 bits per heavy atom. The Kier molecular flexibility index (Phi) is 5.36. The van der Waals surface area contributed by atoms with Gasteiger partial charge in [0.1, 0.15) is 5.03 Å². The molecule has 0 radical (unpaired) electrons. The van der Waals surface area contributed by atoms with Gasteiger partial charge in [0.15, 0.2) is 0 Å². The SMILES string of the molecule is CCC(N)Cc1ccc(Sc2cnccn2)cc1Br. The van der Waals surface area contributed by atoms with Crippen LogP contribution in [0, 0.1) is 0 Å². The fourth-order valence-corrected chi connectivity index (χ4v) is 3.12. The van der Waals surface area contributed by atoms with Crippen LogP contribution in [-0.4, -0.2) is 16.0 Å². The van der Waals surface area contributed by atoms with Crippen molar-refractivity contribution in [3.05, 3.63) is 46.8 Å². The van der Waals surface area contributed by atoms with E-state index in [0.29, 0.717) is 0 Å². The van der Waals surface area contributed by atoms with Crippen LogP contribution in [0.3, 0.4) is 0 Å². The highest BCUT2D eigenvalue weighted by atomic mass is 79.9. The van der Waals surface area contributed by atoms with Crippen molar-refractivity contribution in [1.29, 1.82) is 0 Å². The number of nitrogens with two attached hydrogens (primary N) is 1. The zero-order chi connectivity index (χ0) is 13.7. The molecule has 19 heavy (non-hydrogen) atoms. The number of halogens is 1. The molecule has 0 amide bonds. The highest BCUT2D eigenvalue weighted by molar-refractivity contribution is 9.10. The van der Waals surface area contributed by atoms with Crippen molar-refractivity contribution in [1.82, 2.24) is 9.97 Å². The number of benzene rings is 1. The van der Waals surface area contributed by atoms with E-state index < -0.39 is 0 Å². The molecular formula is C14H16BrN3S. The minimum absolute atomic E-state index is 0.217. The van der Waals surface area contributed by atoms with Crippen molar-refractivity contribution in [3.8, 4) is 0 Å². The zero-order valence-corrected chi connectivity index (χ0v) is 13.1. The molecule has 0 fully saturated rings. The molecule has 5 heteroatoms. The Morgan fingerprint density at radius 2 is 2.21 bits per heavy atom. The van der Waals surface area contributed by atoms with Crippen molar-refractivity contribution in [2.24, 2.45) is 5.73 Å². The number of aromatic nitrogens is 2. The molecule has 0 aliphatic rings. The summed E-state index contributed by atoms with van der Waals surface area (Å²) in [6, 6.07) is 6.55. The molecule has 0 saturated carbocycles. The summed E-state index contributed by atoms with van der Waals surface area (Å²) in [5, 5.41) is 0.896. The third kappa shape index (κ3) is 4.30. The monoisotopic (exact) mass is 337 g/mol. The first-order valence-corrected chi connectivity index (χ1v) is 7.78. The molecular weight excluding hydrogens is 322 g/mol. The molecule has 1 heterocycles. The highest BCUT2D eigenvalue weighted by Gasteiger charge is 2.07. The van der Waals surface area contributed by atoms with Gasteiger partial charge < -0.3 is 5.73 Å². The molecule has 0 aliphatic carbocycles. The minimum Gasteiger partial charge on any atom is -0.327 e. The van der Waals surface area contributed by atoms with E-state index in [0.717, 1.165) is 27.2 Å². The van der Waals surface area contributed by atoms with Crippen LogP contribution in [0.15, 0.2) is 51.2 Å². The minimum atomic E-state index is 0.217. The van der Waals surface area contributed by atoms with E-state index in [2.05, 4.69) is 51.0 Å². The summed E-state index contributed by atoms with van der Waals surface area (Å²) in [4.78, 5) is 9.45. The predicted octanol–water partition coefficient (Wildman–Crippen LogP) is 3.67. The van der Waals surface area contributed by atoms with Crippen LogP contribution in [-0.2, 0) is 6.42 Å². The molecule has 0 saturated heterocycles. The predicted molar refractivity (Wildman–Crippen MR) is 82.3 cm³/mol. The standard InChI is InChI=1S/C14H16BrN3S/c1-2-11(16)7-10-3-4-12(8-13(10)15)19-14-9-17-5-6-18-14/h3-6,8-9,11H,2,7,16H2,1H3. The Balaban J connectivity index is 2.10. The second kappa shape index (κ2) is 7.03. The van der Waals surface area contributed by atoms with E-state index in [1.807, 2.05) is 0 Å². The lowest BCUT2D eigenvalue weighted by atomic mass is 10.1. The van der Waals surface area contributed by atoms with Gasteiger partial charge in [-0.15, -0.1) is 0 Å². The summed E-state index contributed by atoms with van der Waals surface area (Å²) in [6.07, 6.45) is 7.02. The van der Waals surface area contributed by atoms with E-state index in [-0.39, 0.29) is 6.04 Å². The van der Waals surface area contributed by atoms with E-state index in [9.17, 15) is 0 Å². The highest BCUT2D eigenvalue weighted by Crippen LogP contribution is 2.29. The first kappa shape index (κ1) is 14.5.